The van der Waals surface area contributed by atoms with Gasteiger partial charge in [-0.1, -0.05) is 12.1 Å². The van der Waals surface area contributed by atoms with Crippen molar-refractivity contribution in [1.82, 2.24) is 9.80 Å². The lowest BCUT2D eigenvalue weighted by molar-refractivity contribution is 0.0637. The van der Waals surface area contributed by atoms with E-state index in [0.29, 0.717) is 29.8 Å². The molecule has 0 N–H and O–H groups in total. The second-order valence-corrected chi connectivity index (χ2v) is 7.40. The van der Waals surface area contributed by atoms with Crippen LogP contribution in [0.4, 0.5) is 8.78 Å². The Hall–Kier alpha value is -2.80. The average molecular weight is 400 g/mol. The van der Waals surface area contributed by atoms with Crippen molar-refractivity contribution in [2.75, 3.05) is 26.2 Å². The van der Waals surface area contributed by atoms with Crippen LogP contribution in [0.2, 0.25) is 0 Å². The van der Waals surface area contributed by atoms with Crippen LogP contribution in [0.15, 0.2) is 42.5 Å². The summed E-state index contributed by atoms with van der Waals surface area (Å²) in [6.07, 6.45) is 2.24. The second-order valence-electron chi connectivity index (χ2n) is 7.40. The minimum Gasteiger partial charge on any atom is -0.490 e. The van der Waals surface area contributed by atoms with Gasteiger partial charge in [0, 0.05) is 25.7 Å². The highest BCUT2D eigenvalue weighted by Gasteiger charge is 2.34. The summed E-state index contributed by atoms with van der Waals surface area (Å²) in [5.41, 5.74) is 0.959. The zero-order chi connectivity index (χ0) is 20.4. The molecule has 0 bridgehead atoms. The van der Waals surface area contributed by atoms with Gasteiger partial charge in [0.15, 0.2) is 11.6 Å². The third-order valence-electron chi connectivity index (χ3n) is 5.46. The highest BCUT2D eigenvalue weighted by molar-refractivity contribution is 6.21. The predicted molar refractivity (Wildman–Crippen MR) is 103 cm³/mol. The first kappa shape index (κ1) is 19.5. The fourth-order valence-corrected chi connectivity index (χ4v) is 3.89. The van der Waals surface area contributed by atoms with Gasteiger partial charge in [0.25, 0.3) is 11.8 Å². The van der Waals surface area contributed by atoms with Gasteiger partial charge >= 0.3 is 0 Å². The summed E-state index contributed by atoms with van der Waals surface area (Å²) in [5, 5.41) is 0. The minimum absolute atomic E-state index is 0.0349. The van der Waals surface area contributed by atoms with Gasteiger partial charge < -0.3 is 9.64 Å². The summed E-state index contributed by atoms with van der Waals surface area (Å²) in [4.78, 5) is 28.3. The molecule has 29 heavy (non-hydrogen) atoms. The standard InChI is InChI=1S/C22H22F2N2O3/c23-19-7-6-16(14-20(19)24)29-15-8-12-25(13-9-15)10-3-11-26-21(27)17-4-1-2-5-18(17)22(26)28/h1-2,4-7,14-15H,3,8-13H2. The number of benzene rings is 2. The summed E-state index contributed by atoms with van der Waals surface area (Å²) < 4.78 is 32.0. The maximum Gasteiger partial charge on any atom is 0.261 e. The van der Waals surface area contributed by atoms with E-state index in [0.717, 1.165) is 44.6 Å². The normalized spacial score (nSPS) is 17.7. The van der Waals surface area contributed by atoms with Gasteiger partial charge in [0.1, 0.15) is 11.9 Å². The van der Waals surface area contributed by atoms with E-state index >= 15 is 0 Å². The Kier molecular flexibility index (Phi) is 5.58. The first-order chi connectivity index (χ1) is 14.0. The Balaban J connectivity index is 1.21. The Morgan fingerprint density at radius 2 is 1.55 bits per heavy atom. The van der Waals surface area contributed by atoms with Crippen LogP contribution in [-0.2, 0) is 0 Å². The number of nitrogens with zero attached hydrogens (tertiary/aromatic N) is 2. The molecule has 2 amide bonds. The quantitative estimate of drug-likeness (QED) is 0.697. The van der Waals surface area contributed by atoms with Crippen molar-refractivity contribution in [3.05, 3.63) is 65.2 Å². The maximum absolute atomic E-state index is 13.3. The number of hydrogen-bond donors (Lipinski definition) is 0. The average Bonchev–Trinajstić information content (AvgIpc) is 2.97. The molecule has 152 valence electrons. The number of halogens is 2. The lowest BCUT2D eigenvalue weighted by Crippen LogP contribution is -2.40. The van der Waals surface area contributed by atoms with E-state index in [1.54, 1.807) is 24.3 Å². The monoisotopic (exact) mass is 400 g/mol. The zero-order valence-electron chi connectivity index (χ0n) is 15.9. The molecule has 5 nitrogen and oxygen atoms in total. The molecule has 4 rings (SSSR count). The van der Waals surface area contributed by atoms with E-state index in [-0.39, 0.29) is 17.9 Å². The summed E-state index contributed by atoms with van der Waals surface area (Å²) in [5.74, 6) is -1.89. The molecule has 1 fully saturated rings. The number of hydrogen-bond acceptors (Lipinski definition) is 4. The summed E-state index contributed by atoms with van der Waals surface area (Å²) >= 11 is 0. The first-order valence-corrected chi connectivity index (χ1v) is 9.82. The molecule has 0 unspecified atom stereocenters. The van der Waals surface area contributed by atoms with E-state index in [4.69, 9.17) is 4.74 Å². The summed E-state index contributed by atoms with van der Waals surface area (Å²) in [6, 6.07) is 10.5. The fraction of sp³-hybridized carbons (Fsp3) is 0.364. The molecule has 0 radical (unpaired) electrons. The van der Waals surface area contributed by atoms with Crippen molar-refractivity contribution >= 4 is 11.8 Å². The highest BCUT2D eigenvalue weighted by Crippen LogP contribution is 2.23. The molecule has 2 aliphatic rings. The van der Waals surface area contributed by atoms with Crippen LogP contribution >= 0.6 is 0 Å². The SMILES string of the molecule is O=C1c2ccccc2C(=O)N1CCCN1CCC(Oc2ccc(F)c(F)c2)CC1. The highest BCUT2D eigenvalue weighted by atomic mass is 19.2. The molecular weight excluding hydrogens is 378 g/mol. The van der Waals surface area contributed by atoms with Crippen molar-refractivity contribution < 1.29 is 23.1 Å². The van der Waals surface area contributed by atoms with Crippen molar-refractivity contribution in [3.8, 4) is 5.75 Å². The molecule has 7 heteroatoms. The number of carbonyl (C=O) groups excluding carboxylic acids is 2. The number of fused-ring (bicyclic) bond motifs is 1. The van der Waals surface area contributed by atoms with E-state index in [9.17, 15) is 18.4 Å². The van der Waals surface area contributed by atoms with Gasteiger partial charge in [-0.15, -0.1) is 0 Å². The predicted octanol–water partition coefficient (Wildman–Crippen LogP) is 3.49. The molecule has 0 aromatic heterocycles. The van der Waals surface area contributed by atoms with Gasteiger partial charge in [-0.2, -0.15) is 0 Å². The molecule has 1 saturated heterocycles. The largest absolute Gasteiger partial charge is 0.490 e. The molecule has 2 aliphatic heterocycles. The molecule has 2 aromatic rings. The topological polar surface area (TPSA) is 49.9 Å². The summed E-state index contributed by atoms with van der Waals surface area (Å²) in [6.45, 7) is 2.82. The van der Waals surface area contributed by atoms with Crippen molar-refractivity contribution in [2.45, 2.75) is 25.4 Å². The maximum atomic E-state index is 13.3. The number of likely N-dealkylation sites (tertiary alicyclic amines) is 1. The van der Waals surface area contributed by atoms with Crippen LogP contribution in [0.25, 0.3) is 0 Å². The molecule has 2 aromatic carbocycles. The Morgan fingerprint density at radius 1 is 0.897 bits per heavy atom. The number of piperidine rings is 1. The van der Waals surface area contributed by atoms with Crippen LogP contribution in [0.5, 0.6) is 5.75 Å². The van der Waals surface area contributed by atoms with Crippen LogP contribution in [0.3, 0.4) is 0 Å². The number of amides is 2. The van der Waals surface area contributed by atoms with Crippen LogP contribution in [0.1, 0.15) is 40.0 Å². The molecule has 0 atom stereocenters. The number of carbonyl (C=O) groups is 2. The third kappa shape index (κ3) is 4.15. The van der Waals surface area contributed by atoms with Crippen molar-refractivity contribution in [2.24, 2.45) is 0 Å². The molecule has 0 spiro atoms. The van der Waals surface area contributed by atoms with E-state index < -0.39 is 11.6 Å². The van der Waals surface area contributed by atoms with E-state index in [2.05, 4.69) is 4.90 Å². The Bertz CT molecular complexity index is 891. The third-order valence-corrected chi connectivity index (χ3v) is 5.46. The van der Waals surface area contributed by atoms with E-state index in [1.807, 2.05) is 0 Å². The Morgan fingerprint density at radius 3 is 2.17 bits per heavy atom. The number of rotatable bonds is 6. The van der Waals surface area contributed by atoms with Gasteiger partial charge in [-0.05, 0) is 50.1 Å². The summed E-state index contributed by atoms with van der Waals surface area (Å²) in [7, 11) is 0. The molecule has 0 saturated carbocycles. The lowest BCUT2D eigenvalue weighted by Gasteiger charge is -2.32. The Labute approximate surface area is 167 Å². The van der Waals surface area contributed by atoms with Gasteiger partial charge in [-0.25, -0.2) is 8.78 Å². The van der Waals surface area contributed by atoms with Crippen molar-refractivity contribution in [3.63, 3.8) is 0 Å². The van der Waals surface area contributed by atoms with Crippen LogP contribution in [-0.4, -0.2) is 53.9 Å². The van der Waals surface area contributed by atoms with Crippen molar-refractivity contribution in [1.29, 1.82) is 0 Å². The minimum atomic E-state index is -0.909. The number of imide groups is 1. The smallest absolute Gasteiger partial charge is 0.261 e. The first-order valence-electron chi connectivity index (χ1n) is 9.82. The van der Waals surface area contributed by atoms with Gasteiger partial charge in [-0.3, -0.25) is 14.5 Å². The van der Waals surface area contributed by atoms with Gasteiger partial charge in [0.05, 0.1) is 11.1 Å². The lowest BCUT2D eigenvalue weighted by atomic mass is 10.1. The van der Waals surface area contributed by atoms with E-state index in [1.165, 1.54) is 11.0 Å². The van der Waals surface area contributed by atoms with Crippen LogP contribution in [0, 0.1) is 11.6 Å². The fourth-order valence-electron chi connectivity index (χ4n) is 3.89. The second kappa shape index (κ2) is 8.29. The zero-order valence-corrected chi connectivity index (χ0v) is 15.9. The van der Waals surface area contributed by atoms with Gasteiger partial charge in [0.2, 0.25) is 0 Å². The molecular formula is C22H22F2N2O3. The number of ether oxygens (including phenoxy) is 1. The van der Waals surface area contributed by atoms with Crippen LogP contribution < -0.4 is 4.74 Å². The molecule has 0 aliphatic carbocycles. The molecule has 2 heterocycles.